The number of aromatic nitrogens is 1. The molecule has 1 aromatic heterocycles. The van der Waals surface area contributed by atoms with Gasteiger partial charge in [-0.3, -0.25) is 0 Å². The summed E-state index contributed by atoms with van der Waals surface area (Å²) in [6.45, 7) is 1.83. The van der Waals surface area contributed by atoms with Crippen LogP contribution in [0.4, 0.5) is 0 Å². The molecular formula is C12H11N3O2S2. The van der Waals surface area contributed by atoms with Crippen LogP contribution in [-0.4, -0.2) is 13.4 Å². The number of rotatable bonds is 4. The van der Waals surface area contributed by atoms with Crippen molar-refractivity contribution in [3.05, 3.63) is 45.9 Å². The Kier molecular flexibility index (Phi) is 3.95. The molecule has 5 nitrogen and oxygen atoms in total. The van der Waals surface area contributed by atoms with Crippen LogP contribution in [-0.2, 0) is 16.6 Å². The average molecular weight is 293 g/mol. The molecule has 1 heterocycles. The number of aryl methyl sites for hydroxylation is 1. The third-order valence-electron chi connectivity index (χ3n) is 2.53. The molecule has 1 aromatic carbocycles. The lowest BCUT2D eigenvalue weighted by molar-refractivity contribution is 0.580. The zero-order valence-corrected chi connectivity index (χ0v) is 11.8. The molecule has 0 unspecified atom stereocenters. The molecule has 0 spiro atoms. The predicted molar refractivity (Wildman–Crippen MR) is 72.0 cm³/mol. The molecule has 98 valence electrons. The van der Waals surface area contributed by atoms with Gasteiger partial charge >= 0.3 is 0 Å². The zero-order chi connectivity index (χ0) is 13.9. The summed E-state index contributed by atoms with van der Waals surface area (Å²) in [5.74, 6) is 0. The second-order valence-electron chi connectivity index (χ2n) is 3.90. The lowest BCUT2D eigenvalue weighted by Gasteiger charge is -2.08. The van der Waals surface area contributed by atoms with Gasteiger partial charge in [0.15, 0.2) is 0 Å². The van der Waals surface area contributed by atoms with Crippen LogP contribution in [0, 0.1) is 18.3 Å². The summed E-state index contributed by atoms with van der Waals surface area (Å²) in [4.78, 5) is 4.14. The van der Waals surface area contributed by atoms with E-state index in [9.17, 15) is 8.42 Å². The number of hydrogen-bond acceptors (Lipinski definition) is 5. The molecule has 0 atom stereocenters. The van der Waals surface area contributed by atoms with E-state index in [4.69, 9.17) is 5.26 Å². The van der Waals surface area contributed by atoms with Gasteiger partial charge in [-0.15, -0.1) is 11.3 Å². The topological polar surface area (TPSA) is 82.8 Å². The first-order chi connectivity index (χ1) is 9.03. The maximum absolute atomic E-state index is 12.2. The van der Waals surface area contributed by atoms with Crippen LogP contribution in [0.15, 0.2) is 34.0 Å². The number of benzene rings is 1. The smallest absolute Gasteiger partial charge is 0.241 e. The monoisotopic (exact) mass is 293 g/mol. The Balaban J connectivity index is 2.27. The molecule has 7 heteroatoms. The number of nitrogens with one attached hydrogen (secondary N) is 1. The lowest BCUT2D eigenvalue weighted by atomic mass is 10.2. The molecule has 2 aromatic rings. The van der Waals surface area contributed by atoms with Gasteiger partial charge in [-0.1, -0.05) is 6.07 Å². The Morgan fingerprint density at radius 1 is 1.47 bits per heavy atom. The fourth-order valence-electron chi connectivity index (χ4n) is 1.53. The van der Waals surface area contributed by atoms with E-state index >= 15 is 0 Å². The number of nitriles is 1. The van der Waals surface area contributed by atoms with Crippen LogP contribution in [0.5, 0.6) is 0 Å². The van der Waals surface area contributed by atoms with Crippen LogP contribution < -0.4 is 4.72 Å². The van der Waals surface area contributed by atoms with E-state index < -0.39 is 10.0 Å². The molecule has 19 heavy (non-hydrogen) atoms. The number of thiazole rings is 1. The molecule has 0 fully saturated rings. The number of sulfonamides is 1. The molecule has 2 rings (SSSR count). The summed E-state index contributed by atoms with van der Waals surface area (Å²) in [6, 6.07) is 6.52. The summed E-state index contributed by atoms with van der Waals surface area (Å²) < 4.78 is 26.8. The largest absolute Gasteiger partial charge is 0.248 e. The summed E-state index contributed by atoms with van der Waals surface area (Å²) in [6.07, 6.45) is 0. The number of hydrogen-bond donors (Lipinski definition) is 1. The van der Waals surface area contributed by atoms with E-state index in [0.29, 0.717) is 16.8 Å². The highest BCUT2D eigenvalue weighted by atomic mass is 32.2. The van der Waals surface area contributed by atoms with Gasteiger partial charge in [0.2, 0.25) is 10.0 Å². The Morgan fingerprint density at radius 2 is 2.26 bits per heavy atom. The van der Waals surface area contributed by atoms with E-state index in [1.807, 2.05) is 6.07 Å². The first-order valence-corrected chi connectivity index (χ1v) is 7.83. The van der Waals surface area contributed by atoms with Crippen molar-refractivity contribution >= 4 is 21.4 Å². The van der Waals surface area contributed by atoms with Crippen molar-refractivity contribution in [1.29, 1.82) is 5.26 Å². The summed E-state index contributed by atoms with van der Waals surface area (Å²) >= 11 is 1.41. The third kappa shape index (κ3) is 3.17. The van der Waals surface area contributed by atoms with Gasteiger partial charge in [0.05, 0.1) is 34.3 Å². The van der Waals surface area contributed by atoms with Crippen molar-refractivity contribution in [2.24, 2.45) is 0 Å². The summed E-state index contributed by atoms with van der Waals surface area (Å²) in [5, 5.41) is 10.6. The molecule has 0 aliphatic rings. The molecule has 0 aliphatic heterocycles. The van der Waals surface area contributed by atoms with Crippen molar-refractivity contribution < 1.29 is 8.42 Å². The van der Waals surface area contributed by atoms with Gasteiger partial charge in [0, 0.05) is 5.38 Å². The molecule has 0 saturated heterocycles. The van der Waals surface area contributed by atoms with Crippen molar-refractivity contribution in [1.82, 2.24) is 9.71 Å². The quantitative estimate of drug-likeness (QED) is 0.931. The maximum Gasteiger partial charge on any atom is 0.241 e. The first kappa shape index (κ1) is 13.7. The van der Waals surface area contributed by atoms with Crippen LogP contribution in [0.3, 0.4) is 0 Å². The van der Waals surface area contributed by atoms with Crippen LogP contribution in [0.1, 0.15) is 16.8 Å². The van der Waals surface area contributed by atoms with Gasteiger partial charge in [-0.25, -0.2) is 18.1 Å². The molecule has 1 N–H and O–H groups in total. The van der Waals surface area contributed by atoms with Gasteiger partial charge in [0.1, 0.15) is 0 Å². The highest BCUT2D eigenvalue weighted by Crippen LogP contribution is 2.17. The highest BCUT2D eigenvalue weighted by Gasteiger charge is 2.17. The maximum atomic E-state index is 12.2. The average Bonchev–Trinajstić information content (AvgIpc) is 2.90. The van der Waals surface area contributed by atoms with E-state index in [-0.39, 0.29) is 11.4 Å². The van der Waals surface area contributed by atoms with Crippen molar-refractivity contribution in [3.8, 4) is 6.07 Å². The first-order valence-electron chi connectivity index (χ1n) is 5.40. The molecular weight excluding hydrogens is 282 g/mol. The van der Waals surface area contributed by atoms with E-state index in [0.717, 1.165) is 0 Å². The van der Waals surface area contributed by atoms with E-state index in [1.54, 1.807) is 29.9 Å². The van der Waals surface area contributed by atoms with Crippen molar-refractivity contribution in [3.63, 3.8) is 0 Å². The van der Waals surface area contributed by atoms with Crippen LogP contribution in [0.25, 0.3) is 0 Å². The molecule has 0 saturated carbocycles. The van der Waals surface area contributed by atoms with Crippen molar-refractivity contribution in [2.75, 3.05) is 0 Å². The Morgan fingerprint density at radius 3 is 2.89 bits per heavy atom. The third-order valence-corrected chi connectivity index (χ3v) is 4.71. The predicted octanol–water partition coefficient (Wildman–Crippen LogP) is 1.80. The minimum atomic E-state index is -3.64. The normalized spacial score (nSPS) is 11.2. The standard InChI is InChI=1S/C12H11N3O2S2/c1-9-2-3-10(5-13)4-12(9)19(16,17)15-6-11-7-18-8-14-11/h2-4,7-8,15H,6H2,1H3. The fourth-order valence-corrected chi connectivity index (χ4v) is 3.36. The molecule has 0 amide bonds. The second kappa shape index (κ2) is 5.48. The number of nitrogens with zero attached hydrogens (tertiary/aromatic N) is 2. The minimum absolute atomic E-state index is 0.127. The second-order valence-corrected chi connectivity index (χ2v) is 6.35. The molecule has 0 aliphatic carbocycles. The van der Waals surface area contributed by atoms with Crippen molar-refractivity contribution in [2.45, 2.75) is 18.4 Å². The Bertz CT molecular complexity index is 716. The minimum Gasteiger partial charge on any atom is -0.248 e. The molecule has 0 radical (unpaired) electrons. The van der Waals surface area contributed by atoms with Gasteiger partial charge in [-0.05, 0) is 24.6 Å². The Hall–Kier alpha value is -1.75. The summed E-state index contributed by atoms with van der Waals surface area (Å²) in [7, 11) is -3.64. The van der Waals surface area contributed by atoms with Gasteiger partial charge < -0.3 is 0 Å². The van der Waals surface area contributed by atoms with Gasteiger partial charge in [0.25, 0.3) is 0 Å². The summed E-state index contributed by atoms with van der Waals surface area (Å²) in [5.41, 5.74) is 3.23. The van der Waals surface area contributed by atoms with E-state index in [2.05, 4.69) is 9.71 Å². The van der Waals surface area contributed by atoms with Crippen LogP contribution in [0.2, 0.25) is 0 Å². The van der Waals surface area contributed by atoms with Gasteiger partial charge in [-0.2, -0.15) is 5.26 Å². The van der Waals surface area contributed by atoms with Crippen LogP contribution >= 0.6 is 11.3 Å². The highest BCUT2D eigenvalue weighted by molar-refractivity contribution is 7.89. The lowest BCUT2D eigenvalue weighted by Crippen LogP contribution is -2.24. The Labute approximate surface area is 115 Å². The zero-order valence-electron chi connectivity index (χ0n) is 10.1. The molecule has 0 bridgehead atoms. The SMILES string of the molecule is Cc1ccc(C#N)cc1S(=O)(=O)NCc1cscn1. The fraction of sp³-hybridized carbons (Fsp3) is 0.167. The van der Waals surface area contributed by atoms with E-state index in [1.165, 1.54) is 17.4 Å².